The van der Waals surface area contributed by atoms with Crippen molar-refractivity contribution in [1.82, 2.24) is 4.90 Å². The Balaban J connectivity index is 2.44. The first-order valence-corrected chi connectivity index (χ1v) is 4.55. The minimum atomic E-state index is -0.883. The first kappa shape index (κ1) is 10.5. The molecular formula is C9H18N2O2. The molecule has 4 nitrogen and oxygen atoms in total. The van der Waals surface area contributed by atoms with Crippen molar-refractivity contribution >= 4 is 5.97 Å². The van der Waals surface area contributed by atoms with Gasteiger partial charge in [-0.05, 0) is 26.8 Å². The van der Waals surface area contributed by atoms with Gasteiger partial charge < -0.3 is 15.4 Å². The summed E-state index contributed by atoms with van der Waals surface area (Å²) in [5.41, 5.74) is 4.94. The summed E-state index contributed by atoms with van der Waals surface area (Å²) in [6, 6.07) is 0.618. The predicted molar refractivity (Wildman–Crippen MR) is 50.3 cm³/mol. The van der Waals surface area contributed by atoms with Gasteiger partial charge in [-0.2, -0.15) is 0 Å². The number of esters is 1. The minimum Gasteiger partial charge on any atom is -0.468 e. The highest BCUT2D eigenvalue weighted by molar-refractivity contribution is 5.80. The van der Waals surface area contributed by atoms with Crippen LogP contribution in [0.2, 0.25) is 0 Å². The molecule has 0 spiro atoms. The highest BCUT2D eigenvalue weighted by atomic mass is 16.5. The molecule has 0 aromatic carbocycles. The van der Waals surface area contributed by atoms with E-state index in [1.807, 2.05) is 7.05 Å². The highest BCUT2D eigenvalue weighted by Crippen LogP contribution is 2.26. The normalized spacial score (nSPS) is 21.3. The zero-order valence-electron chi connectivity index (χ0n) is 8.54. The van der Waals surface area contributed by atoms with E-state index >= 15 is 0 Å². The van der Waals surface area contributed by atoms with E-state index in [2.05, 4.69) is 9.64 Å². The SMILES string of the molecule is COC(=O)C(C)(N)CN(C)C1CC1. The molecule has 4 heteroatoms. The van der Waals surface area contributed by atoms with Crippen LogP contribution in [0.15, 0.2) is 0 Å². The summed E-state index contributed by atoms with van der Waals surface area (Å²) in [5.74, 6) is -0.347. The molecule has 0 radical (unpaired) electrons. The molecule has 1 atom stereocenters. The lowest BCUT2D eigenvalue weighted by molar-refractivity contribution is -0.147. The van der Waals surface area contributed by atoms with Crippen LogP contribution in [0.1, 0.15) is 19.8 Å². The molecule has 1 aliphatic rings. The third-order valence-electron chi connectivity index (χ3n) is 2.40. The first-order valence-electron chi connectivity index (χ1n) is 4.55. The van der Waals surface area contributed by atoms with Gasteiger partial charge in [0.25, 0.3) is 0 Å². The summed E-state index contributed by atoms with van der Waals surface area (Å²) in [5, 5.41) is 0. The zero-order valence-corrected chi connectivity index (χ0v) is 8.54. The van der Waals surface area contributed by atoms with E-state index in [1.54, 1.807) is 6.92 Å². The molecular weight excluding hydrogens is 168 g/mol. The third-order valence-corrected chi connectivity index (χ3v) is 2.40. The average Bonchev–Trinajstić information content (AvgIpc) is 2.84. The van der Waals surface area contributed by atoms with E-state index in [9.17, 15) is 4.79 Å². The fraction of sp³-hybridized carbons (Fsp3) is 0.889. The molecule has 0 aromatic rings. The van der Waals surface area contributed by atoms with Gasteiger partial charge >= 0.3 is 5.97 Å². The van der Waals surface area contributed by atoms with Crippen molar-refractivity contribution < 1.29 is 9.53 Å². The number of methoxy groups -OCH3 is 1. The van der Waals surface area contributed by atoms with Crippen LogP contribution >= 0.6 is 0 Å². The molecule has 1 unspecified atom stereocenters. The summed E-state index contributed by atoms with van der Waals surface area (Å²) >= 11 is 0. The van der Waals surface area contributed by atoms with E-state index in [4.69, 9.17) is 5.73 Å². The van der Waals surface area contributed by atoms with Gasteiger partial charge in [-0.15, -0.1) is 0 Å². The highest BCUT2D eigenvalue weighted by Gasteiger charge is 2.35. The quantitative estimate of drug-likeness (QED) is 0.626. The summed E-state index contributed by atoms with van der Waals surface area (Å²) in [7, 11) is 3.36. The fourth-order valence-electron chi connectivity index (χ4n) is 1.46. The van der Waals surface area contributed by atoms with Crippen molar-refractivity contribution in [2.75, 3.05) is 20.7 Å². The molecule has 1 rings (SSSR count). The maximum absolute atomic E-state index is 11.2. The summed E-state index contributed by atoms with van der Waals surface area (Å²) in [6.45, 7) is 2.27. The van der Waals surface area contributed by atoms with Crippen LogP contribution in [0.4, 0.5) is 0 Å². The standard InChI is InChI=1S/C9H18N2O2/c1-9(10,8(12)13-3)6-11(2)7-4-5-7/h7H,4-6,10H2,1-3H3. The summed E-state index contributed by atoms with van der Waals surface area (Å²) in [6.07, 6.45) is 2.43. The minimum absolute atomic E-state index is 0.347. The number of carbonyl (C=O) groups is 1. The molecule has 0 aromatic heterocycles. The van der Waals surface area contributed by atoms with E-state index in [0.717, 1.165) is 0 Å². The van der Waals surface area contributed by atoms with Crippen LogP contribution in [0.3, 0.4) is 0 Å². The Morgan fingerprint density at radius 3 is 2.62 bits per heavy atom. The molecule has 0 aliphatic heterocycles. The number of nitrogens with zero attached hydrogens (tertiary/aromatic N) is 1. The molecule has 0 saturated heterocycles. The number of ether oxygens (including phenoxy) is 1. The average molecular weight is 186 g/mol. The van der Waals surface area contributed by atoms with Gasteiger partial charge in [0, 0.05) is 12.6 Å². The van der Waals surface area contributed by atoms with E-state index in [1.165, 1.54) is 20.0 Å². The van der Waals surface area contributed by atoms with Crippen LogP contribution in [0.5, 0.6) is 0 Å². The zero-order chi connectivity index (χ0) is 10.1. The summed E-state index contributed by atoms with van der Waals surface area (Å²) in [4.78, 5) is 13.4. The van der Waals surface area contributed by atoms with Crippen molar-refractivity contribution in [3.05, 3.63) is 0 Å². The monoisotopic (exact) mass is 186 g/mol. The lowest BCUT2D eigenvalue weighted by Crippen LogP contribution is -2.54. The van der Waals surface area contributed by atoms with Crippen molar-refractivity contribution in [1.29, 1.82) is 0 Å². The number of likely N-dealkylation sites (N-methyl/N-ethyl adjacent to an activating group) is 1. The Kier molecular flexibility index (Phi) is 2.93. The molecule has 1 fully saturated rings. The Morgan fingerprint density at radius 2 is 2.23 bits per heavy atom. The van der Waals surface area contributed by atoms with Crippen molar-refractivity contribution in [2.45, 2.75) is 31.3 Å². The van der Waals surface area contributed by atoms with E-state index < -0.39 is 5.54 Å². The van der Waals surface area contributed by atoms with E-state index in [0.29, 0.717) is 12.6 Å². The Hall–Kier alpha value is -0.610. The number of hydrogen-bond acceptors (Lipinski definition) is 4. The second-order valence-electron chi connectivity index (χ2n) is 4.06. The maximum Gasteiger partial charge on any atom is 0.326 e. The summed E-state index contributed by atoms with van der Waals surface area (Å²) < 4.78 is 4.63. The first-order chi connectivity index (χ1) is 5.97. The second-order valence-corrected chi connectivity index (χ2v) is 4.06. The Labute approximate surface area is 79.0 Å². The van der Waals surface area contributed by atoms with Gasteiger partial charge in [0.05, 0.1) is 7.11 Å². The molecule has 2 N–H and O–H groups in total. The smallest absolute Gasteiger partial charge is 0.326 e. The fourth-order valence-corrected chi connectivity index (χ4v) is 1.46. The topological polar surface area (TPSA) is 55.6 Å². The molecule has 1 saturated carbocycles. The van der Waals surface area contributed by atoms with Crippen LogP contribution in [0, 0.1) is 0 Å². The Bertz CT molecular complexity index is 200. The number of hydrogen-bond donors (Lipinski definition) is 1. The molecule has 13 heavy (non-hydrogen) atoms. The number of nitrogens with two attached hydrogens (primary N) is 1. The van der Waals surface area contributed by atoms with Crippen molar-refractivity contribution in [2.24, 2.45) is 5.73 Å². The van der Waals surface area contributed by atoms with Gasteiger partial charge in [-0.3, -0.25) is 4.79 Å². The maximum atomic E-state index is 11.2. The van der Waals surface area contributed by atoms with Crippen LogP contribution in [-0.2, 0) is 9.53 Å². The van der Waals surface area contributed by atoms with Crippen molar-refractivity contribution in [3.63, 3.8) is 0 Å². The Morgan fingerprint density at radius 1 is 1.69 bits per heavy atom. The van der Waals surface area contributed by atoms with Gasteiger partial charge in [-0.25, -0.2) is 0 Å². The molecule has 0 heterocycles. The van der Waals surface area contributed by atoms with Gasteiger partial charge in [0.15, 0.2) is 0 Å². The molecule has 0 bridgehead atoms. The van der Waals surface area contributed by atoms with Gasteiger partial charge in [0.2, 0.25) is 0 Å². The molecule has 76 valence electrons. The van der Waals surface area contributed by atoms with Crippen LogP contribution in [-0.4, -0.2) is 43.2 Å². The van der Waals surface area contributed by atoms with Gasteiger partial charge in [-0.1, -0.05) is 0 Å². The van der Waals surface area contributed by atoms with Crippen molar-refractivity contribution in [3.8, 4) is 0 Å². The second kappa shape index (κ2) is 3.64. The lowest BCUT2D eigenvalue weighted by atomic mass is 10.0. The number of carbonyl (C=O) groups excluding carboxylic acids is 1. The van der Waals surface area contributed by atoms with Crippen LogP contribution < -0.4 is 5.73 Å². The van der Waals surface area contributed by atoms with E-state index in [-0.39, 0.29) is 5.97 Å². The largest absolute Gasteiger partial charge is 0.468 e. The lowest BCUT2D eigenvalue weighted by Gasteiger charge is -2.27. The predicted octanol–water partition coefficient (Wildman–Crippen LogP) is -0.0290. The molecule has 1 aliphatic carbocycles. The van der Waals surface area contributed by atoms with Crippen LogP contribution in [0.25, 0.3) is 0 Å². The third kappa shape index (κ3) is 2.67. The molecule has 0 amide bonds. The number of rotatable bonds is 4. The van der Waals surface area contributed by atoms with Gasteiger partial charge in [0.1, 0.15) is 5.54 Å².